The molecule has 1 amide bonds. The molecule has 0 aromatic heterocycles. The predicted molar refractivity (Wildman–Crippen MR) is 110 cm³/mol. The highest BCUT2D eigenvalue weighted by molar-refractivity contribution is 7.92. The van der Waals surface area contributed by atoms with Crippen molar-refractivity contribution in [1.29, 1.82) is 0 Å². The Balaban J connectivity index is 1.92. The monoisotopic (exact) mass is 402 g/mol. The number of nitrogens with one attached hydrogen (secondary N) is 1. The van der Waals surface area contributed by atoms with Crippen molar-refractivity contribution in [2.45, 2.75) is 38.8 Å². The summed E-state index contributed by atoms with van der Waals surface area (Å²) in [4.78, 5) is 13.1. The summed E-state index contributed by atoms with van der Waals surface area (Å²) in [6.45, 7) is 5.75. The number of hydrogen-bond acceptors (Lipinski definition) is 4. The van der Waals surface area contributed by atoms with Crippen LogP contribution in [0.4, 0.5) is 5.69 Å². The third-order valence-electron chi connectivity index (χ3n) is 5.07. The molecule has 1 N–H and O–H groups in total. The molecule has 7 heteroatoms. The van der Waals surface area contributed by atoms with Crippen LogP contribution >= 0.6 is 0 Å². The van der Waals surface area contributed by atoms with Gasteiger partial charge in [-0.1, -0.05) is 24.3 Å². The normalized spacial score (nSPS) is 18.0. The zero-order chi connectivity index (χ0) is 20.7. The Hall–Kier alpha value is -2.54. The lowest BCUT2D eigenvalue weighted by Gasteiger charge is -2.38. The lowest BCUT2D eigenvalue weighted by atomic mass is 9.89. The van der Waals surface area contributed by atoms with Crippen molar-refractivity contribution in [2.75, 3.05) is 17.6 Å². The smallest absolute Gasteiger partial charge is 0.252 e. The van der Waals surface area contributed by atoms with E-state index in [2.05, 4.69) is 5.32 Å². The number of amides is 1. The first kappa shape index (κ1) is 20.2. The maximum Gasteiger partial charge on any atom is 0.252 e. The number of hydrogen-bond donors (Lipinski definition) is 1. The van der Waals surface area contributed by atoms with E-state index in [0.717, 1.165) is 17.6 Å². The van der Waals surface area contributed by atoms with Gasteiger partial charge in [-0.2, -0.15) is 0 Å². The number of rotatable bonds is 4. The number of nitrogens with zero attached hydrogens (tertiary/aromatic N) is 1. The average molecular weight is 403 g/mol. The van der Waals surface area contributed by atoms with Crippen molar-refractivity contribution in [1.82, 2.24) is 5.32 Å². The van der Waals surface area contributed by atoms with Gasteiger partial charge in [-0.05, 0) is 44.5 Å². The molecule has 1 aliphatic heterocycles. The molecule has 2 aromatic carbocycles. The molecule has 1 heterocycles. The highest BCUT2D eigenvalue weighted by Gasteiger charge is 2.34. The quantitative estimate of drug-likeness (QED) is 0.850. The fraction of sp³-hybridized carbons (Fsp3) is 0.381. The molecule has 2 aromatic rings. The van der Waals surface area contributed by atoms with Crippen molar-refractivity contribution in [3.63, 3.8) is 0 Å². The van der Waals surface area contributed by atoms with Crippen LogP contribution < -0.4 is 14.4 Å². The SMILES string of the molecule is Cc1c(C(=O)N[C@H]2CC(C)(C)Oc3ccccc32)cccc1N(C)S(C)(=O)=O. The number of anilines is 1. The van der Waals surface area contributed by atoms with E-state index in [1.807, 2.05) is 38.1 Å². The lowest BCUT2D eigenvalue weighted by molar-refractivity contribution is 0.0619. The van der Waals surface area contributed by atoms with Gasteiger partial charge in [-0.25, -0.2) is 8.42 Å². The van der Waals surface area contributed by atoms with Gasteiger partial charge in [0.1, 0.15) is 11.4 Å². The Kier molecular flexibility index (Phi) is 5.14. The summed E-state index contributed by atoms with van der Waals surface area (Å²) >= 11 is 0. The Morgan fingerprint density at radius 1 is 1.18 bits per heavy atom. The van der Waals surface area contributed by atoms with Crippen molar-refractivity contribution in [2.24, 2.45) is 0 Å². The van der Waals surface area contributed by atoms with Gasteiger partial charge in [0, 0.05) is 24.6 Å². The van der Waals surface area contributed by atoms with Gasteiger partial charge >= 0.3 is 0 Å². The van der Waals surface area contributed by atoms with Crippen molar-refractivity contribution < 1.29 is 17.9 Å². The third kappa shape index (κ3) is 3.99. The van der Waals surface area contributed by atoms with Crippen LogP contribution in [-0.4, -0.2) is 33.2 Å². The third-order valence-corrected chi connectivity index (χ3v) is 6.26. The summed E-state index contributed by atoms with van der Waals surface area (Å²) in [5, 5.41) is 3.11. The number of benzene rings is 2. The molecule has 6 nitrogen and oxygen atoms in total. The molecule has 150 valence electrons. The van der Waals surface area contributed by atoms with E-state index in [9.17, 15) is 13.2 Å². The molecule has 0 spiro atoms. The minimum atomic E-state index is -3.42. The topological polar surface area (TPSA) is 75.7 Å². The molecule has 0 radical (unpaired) electrons. The molecule has 0 unspecified atom stereocenters. The standard InChI is InChI=1S/C21H26N2O4S/c1-14-15(10-8-11-18(14)23(4)28(5,25)26)20(24)22-17-13-21(2,3)27-19-12-7-6-9-16(17)19/h6-12,17H,13H2,1-5H3,(H,22,24)/t17-/m0/s1. The Morgan fingerprint density at radius 2 is 1.86 bits per heavy atom. The van der Waals surface area contributed by atoms with Crippen LogP contribution in [0.2, 0.25) is 0 Å². The van der Waals surface area contributed by atoms with Gasteiger partial charge in [-0.3, -0.25) is 9.10 Å². The maximum absolute atomic E-state index is 13.1. The van der Waals surface area contributed by atoms with Crippen molar-refractivity contribution in [3.8, 4) is 5.75 Å². The van der Waals surface area contributed by atoms with E-state index in [0.29, 0.717) is 23.2 Å². The van der Waals surface area contributed by atoms with Crippen LogP contribution in [0.15, 0.2) is 42.5 Å². The first-order valence-electron chi connectivity index (χ1n) is 9.12. The zero-order valence-corrected chi connectivity index (χ0v) is 17.6. The summed E-state index contributed by atoms with van der Waals surface area (Å²) in [6.07, 6.45) is 1.78. The summed E-state index contributed by atoms with van der Waals surface area (Å²) in [5.74, 6) is 0.532. The van der Waals surface area contributed by atoms with Gasteiger partial charge in [0.2, 0.25) is 10.0 Å². The van der Waals surface area contributed by atoms with E-state index in [1.165, 1.54) is 11.4 Å². The molecule has 0 fully saturated rings. The van der Waals surface area contributed by atoms with Crippen LogP contribution in [0.5, 0.6) is 5.75 Å². The van der Waals surface area contributed by atoms with E-state index < -0.39 is 15.6 Å². The summed E-state index contributed by atoms with van der Waals surface area (Å²) in [5.41, 5.74) is 2.10. The molecule has 3 rings (SSSR count). The van der Waals surface area contributed by atoms with E-state index in [4.69, 9.17) is 4.74 Å². The van der Waals surface area contributed by atoms with Crippen LogP contribution in [0.1, 0.15) is 47.8 Å². The highest BCUT2D eigenvalue weighted by atomic mass is 32.2. The molecule has 0 aliphatic carbocycles. The maximum atomic E-state index is 13.1. The Morgan fingerprint density at radius 3 is 2.54 bits per heavy atom. The van der Waals surface area contributed by atoms with Crippen LogP contribution in [0.25, 0.3) is 0 Å². The minimum absolute atomic E-state index is 0.192. The number of sulfonamides is 1. The molecular formula is C21H26N2O4S. The molecule has 28 heavy (non-hydrogen) atoms. The highest BCUT2D eigenvalue weighted by Crippen LogP contribution is 2.39. The molecule has 0 saturated heterocycles. The molecule has 1 aliphatic rings. The molecule has 0 saturated carbocycles. The fourth-order valence-electron chi connectivity index (χ4n) is 3.56. The van der Waals surface area contributed by atoms with Gasteiger partial charge in [-0.15, -0.1) is 0 Å². The average Bonchev–Trinajstić information content (AvgIpc) is 2.59. The number of ether oxygens (including phenoxy) is 1. The number of carbonyl (C=O) groups excluding carboxylic acids is 1. The largest absolute Gasteiger partial charge is 0.487 e. The van der Waals surface area contributed by atoms with Crippen molar-refractivity contribution >= 4 is 21.6 Å². The lowest BCUT2D eigenvalue weighted by Crippen LogP contribution is -2.41. The number of carbonyl (C=O) groups is 1. The molecule has 1 atom stereocenters. The van der Waals surface area contributed by atoms with Crippen LogP contribution in [-0.2, 0) is 10.0 Å². The molecular weight excluding hydrogens is 376 g/mol. The molecule has 0 bridgehead atoms. The summed E-state index contributed by atoms with van der Waals surface area (Å²) in [6, 6.07) is 12.6. The zero-order valence-electron chi connectivity index (χ0n) is 16.8. The Bertz CT molecular complexity index is 1010. The predicted octanol–water partition coefficient (Wildman–Crippen LogP) is 3.42. The fourth-order valence-corrected chi connectivity index (χ4v) is 4.11. The second-order valence-electron chi connectivity index (χ2n) is 7.81. The van der Waals surface area contributed by atoms with E-state index in [1.54, 1.807) is 25.1 Å². The van der Waals surface area contributed by atoms with E-state index >= 15 is 0 Å². The van der Waals surface area contributed by atoms with Crippen LogP contribution in [0, 0.1) is 6.92 Å². The van der Waals surface area contributed by atoms with Crippen molar-refractivity contribution in [3.05, 3.63) is 59.2 Å². The Labute approximate surface area is 166 Å². The minimum Gasteiger partial charge on any atom is -0.487 e. The second kappa shape index (κ2) is 7.13. The van der Waals surface area contributed by atoms with Gasteiger partial charge < -0.3 is 10.1 Å². The summed E-state index contributed by atoms with van der Waals surface area (Å²) < 4.78 is 31.0. The number of fused-ring (bicyclic) bond motifs is 1. The first-order chi connectivity index (χ1) is 13.0. The van der Waals surface area contributed by atoms with E-state index in [-0.39, 0.29) is 11.9 Å². The van der Waals surface area contributed by atoms with Gasteiger partial charge in [0.05, 0.1) is 18.0 Å². The first-order valence-corrected chi connectivity index (χ1v) is 11.0. The van der Waals surface area contributed by atoms with Gasteiger partial charge in [0.25, 0.3) is 5.91 Å². The summed E-state index contributed by atoms with van der Waals surface area (Å²) in [7, 11) is -1.94. The number of para-hydroxylation sites is 1. The van der Waals surface area contributed by atoms with Crippen LogP contribution in [0.3, 0.4) is 0 Å². The second-order valence-corrected chi connectivity index (χ2v) is 9.82. The van der Waals surface area contributed by atoms with Gasteiger partial charge in [0.15, 0.2) is 0 Å².